The van der Waals surface area contributed by atoms with Crippen molar-refractivity contribution in [3.8, 4) is 0 Å². The van der Waals surface area contributed by atoms with Crippen LogP contribution in [0.4, 0.5) is 11.5 Å². The van der Waals surface area contributed by atoms with Crippen molar-refractivity contribution in [2.45, 2.75) is 52.6 Å². The normalized spacial score (nSPS) is 19.9. The third-order valence-electron chi connectivity index (χ3n) is 4.15. The van der Waals surface area contributed by atoms with Crippen LogP contribution in [0.2, 0.25) is 0 Å². The van der Waals surface area contributed by atoms with E-state index in [1.807, 2.05) is 0 Å². The summed E-state index contributed by atoms with van der Waals surface area (Å²) in [6, 6.07) is 0.245. The molecule has 0 saturated heterocycles. The van der Waals surface area contributed by atoms with Crippen LogP contribution in [0.1, 0.15) is 40.0 Å². The highest BCUT2D eigenvalue weighted by molar-refractivity contribution is 5.62. The first-order valence-corrected chi connectivity index (χ1v) is 7.15. The average Bonchev–Trinajstić information content (AvgIpc) is 2.99. The van der Waals surface area contributed by atoms with E-state index >= 15 is 0 Å². The van der Waals surface area contributed by atoms with Crippen LogP contribution in [-0.2, 0) is 13.6 Å². The van der Waals surface area contributed by atoms with Gasteiger partial charge in [-0.25, -0.2) is 4.79 Å². The number of nitrogen functional groups attached to an aromatic ring is 1. The first kappa shape index (κ1) is 14.7. The number of nitrogens with zero attached hydrogens (tertiary/aromatic N) is 2. The molecule has 1 unspecified atom stereocenters. The summed E-state index contributed by atoms with van der Waals surface area (Å²) in [6.07, 6.45) is 2.83. The molecule has 0 radical (unpaired) electrons. The summed E-state index contributed by atoms with van der Waals surface area (Å²) in [5.74, 6) is 0.259. The molecule has 0 aromatic carbocycles. The average molecular weight is 280 g/mol. The van der Waals surface area contributed by atoms with Gasteiger partial charge in [0, 0.05) is 19.6 Å². The molecule has 1 saturated carbocycles. The van der Waals surface area contributed by atoms with Crippen molar-refractivity contribution in [1.29, 1.82) is 0 Å². The van der Waals surface area contributed by atoms with Gasteiger partial charge >= 0.3 is 5.69 Å². The van der Waals surface area contributed by atoms with Crippen LogP contribution >= 0.6 is 0 Å². The van der Waals surface area contributed by atoms with E-state index in [1.165, 1.54) is 11.6 Å². The minimum atomic E-state index is -0.346. The fourth-order valence-electron chi connectivity index (χ4n) is 2.34. The molecule has 20 heavy (non-hydrogen) atoms. The summed E-state index contributed by atoms with van der Waals surface area (Å²) in [4.78, 5) is 24.3. The predicted molar refractivity (Wildman–Crippen MR) is 81.1 cm³/mol. The molecule has 1 heterocycles. The summed E-state index contributed by atoms with van der Waals surface area (Å²) in [5.41, 5.74) is 5.90. The number of anilines is 2. The largest absolute Gasteiger partial charge is 0.383 e. The molecule has 1 aromatic rings. The van der Waals surface area contributed by atoms with E-state index in [1.54, 1.807) is 0 Å². The molecule has 0 bridgehead atoms. The van der Waals surface area contributed by atoms with Gasteiger partial charge in [0.25, 0.3) is 5.56 Å². The first-order valence-electron chi connectivity index (χ1n) is 7.15. The van der Waals surface area contributed by atoms with E-state index in [2.05, 4.69) is 26.1 Å². The summed E-state index contributed by atoms with van der Waals surface area (Å²) in [5, 5.41) is 3.21. The Morgan fingerprint density at radius 2 is 2.00 bits per heavy atom. The van der Waals surface area contributed by atoms with Gasteiger partial charge in [-0.2, -0.15) is 0 Å². The quantitative estimate of drug-likeness (QED) is 0.847. The van der Waals surface area contributed by atoms with Gasteiger partial charge in [-0.1, -0.05) is 27.2 Å². The predicted octanol–water partition coefficient (Wildman–Crippen LogP) is 1.14. The van der Waals surface area contributed by atoms with E-state index in [4.69, 9.17) is 5.73 Å². The lowest BCUT2D eigenvalue weighted by Crippen LogP contribution is -2.41. The lowest BCUT2D eigenvalue weighted by molar-refractivity contribution is 0.574. The molecule has 1 aromatic heterocycles. The second kappa shape index (κ2) is 5.00. The Kier molecular flexibility index (Phi) is 3.67. The van der Waals surface area contributed by atoms with Gasteiger partial charge in [0.2, 0.25) is 0 Å². The van der Waals surface area contributed by atoms with Crippen LogP contribution in [0.15, 0.2) is 9.59 Å². The number of rotatable bonds is 5. The zero-order chi connectivity index (χ0) is 15.1. The number of hydrogen-bond acceptors (Lipinski definition) is 4. The van der Waals surface area contributed by atoms with Crippen LogP contribution in [0.3, 0.4) is 0 Å². The Labute approximate surface area is 118 Å². The van der Waals surface area contributed by atoms with Crippen molar-refractivity contribution < 1.29 is 0 Å². The van der Waals surface area contributed by atoms with Gasteiger partial charge in [0.05, 0.1) is 0 Å². The Bertz CT molecular complexity index is 627. The molecule has 0 aliphatic heterocycles. The molecule has 6 nitrogen and oxygen atoms in total. The number of nitrogens with one attached hydrogen (secondary N) is 1. The Morgan fingerprint density at radius 3 is 2.50 bits per heavy atom. The van der Waals surface area contributed by atoms with Gasteiger partial charge < -0.3 is 11.1 Å². The lowest BCUT2D eigenvalue weighted by atomic mass is 10.2. The third kappa shape index (κ3) is 2.46. The standard InChI is InChI=1S/C14H24N4O2/c1-5-6-7-18-11(15)10(12(19)17(4)13(18)20)16-9-8-14(9,2)3/h9,16H,5-8,15H2,1-4H3. The zero-order valence-electron chi connectivity index (χ0n) is 12.7. The molecular weight excluding hydrogens is 256 g/mol. The number of aromatic nitrogens is 2. The summed E-state index contributed by atoms with van der Waals surface area (Å²) >= 11 is 0. The summed E-state index contributed by atoms with van der Waals surface area (Å²) < 4.78 is 2.62. The van der Waals surface area contributed by atoms with Gasteiger partial charge in [0.15, 0.2) is 0 Å². The molecule has 0 amide bonds. The van der Waals surface area contributed by atoms with Gasteiger partial charge in [0.1, 0.15) is 11.5 Å². The van der Waals surface area contributed by atoms with E-state index in [9.17, 15) is 9.59 Å². The van der Waals surface area contributed by atoms with Crippen LogP contribution in [0.5, 0.6) is 0 Å². The molecule has 1 fully saturated rings. The SMILES string of the molecule is CCCCn1c(N)c(NC2CC2(C)C)c(=O)n(C)c1=O. The van der Waals surface area contributed by atoms with Crippen LogP contribution < -0.4 is 22.3 Å². The fourth-order valence-corrected chi connectivity index (χ4v) is 2.34. The molecule has 1 aliphatic carbocycles. The molecule has 2 rings (SSSR count). The van der Waals surface area contributed by atoms with Crippen molar-refractivity contribution in [3.63, 3.8) is 0 Å². The maximum atomic E-state index is 12.2. The Morgan fingerprint density at radius 1 is 1.40 bits per heavy atom. The first-order chi connectivity index (χ1) is 9.29. The summed E-state index contributed by atoms with van der Waals surface area (Å²) in [7, 11) is 1.50. The summed E-state index contributed by atoms with van der Waals surface area (Å²) in [6.45, 7) is 6.87. The Hall–Kier alpha value is -1.72. The second-order valence-corrected chi connectivity index (χ2v) is 6.30. The maximum absolute atomic E-state index is 12.2. The molecule has 112 valence electrons. The molecule has 6 heteroatoms. The van der Waals surface area contributed by atoms with Gasteiger partial charge in [-0.3, -0.25) is 13.9 Å². The minimum Gasteiger partial charge on any atom is -0.383 e. The van der Waals surface area contributed by atoms with Crippen molar-refractivity contribution in [2.24, 2.45) is 12.5 Å². The number of unbranched alkanes of at least 4 members (excludes halogenated alkanes) is 1. The van der Waals surface area contributed by atoms with Crippen molar-refractivity contribution in [2.75, 3.05) is 11.1 Å². The van der Waals surface area contributed by atoms with E-state index < -0.39 is 0 Å². The zero-order valence-corrected chi connectivity index (χ0v) is 12.7. The molecule has 3 N–H and O–H groups in total. The van der Waals surface area contributed by atoms with E-state index in [0.29, 0.717) is 12.2 Å². The topological polar surface area (TPSA) is 82.0 Å². The van der Waals surface area contributed by atoms with E-state index in [0.717, 1.165) is 23.8 Å². The maximum Gasteiger partial charge on any atom is 0.332 e. The fraction of sp³-hybridized carbons (Fsp3) is 0.714. The van der Waals surface area contributed by atoms with Crippen molar-refractivity contribution in [3.05, 3.63) is 20.8 Å². The van der Waals surface area contributed by atoms with Crippen LogP contribution in [-0.4, -0.2) is 15.2 Å². The monoisotopic (exact) mass is 280 g/mol. The van der Waals surface area contributed by atoms with Gasteiger partial charge in [-0.05, 0) is 18.3 Å². The second-order valence-electron chi connectivity index (χ2n) is 6.30. The Balaban J connectivity index is 2.43. The lowest BCUT2D eigenvalue weighted by Gasteiger charge is -2.16. The van der Waals surface area contributed by atoms with Crippen LogP contribution in [0.25, 0.3) is 0 Å². The highest BCUT2D eigenvalue weighted by Gasteiger charge is 2.46. The number of nitrogens with two attached hydrogens (primary N) is 1. The highest BCUT2D eigenvalue weighted by Crippen LogP contribution is 2.46. The molecular formula is C14H24N4O2. The highest BCUT2D eigenvalue weighted by atomic mass is 16.2. The molecule has 1 atom stereocenters. The van der Waals surface area contributed by atoms with Crippen LogP contribution in [0, 0.1) is 5.41 Å². The smallest absolute Gasteiger partial charge is 0.332 e. The van der Waals surface area contributed by atoms with Crippen molar-refractivity contribution in [1.82, 2.24) is 9.13 Å². The third-order valence-corrected chi connectivity index (χ3v) is 4.15. The minimum absolute atomic E-state index is 0.182. The van der Waals surface area contributed by atoms with E-state index in [-0.39, 0.29) is 28.5 Å². The van der Waals surface area contributed by atoms with Gasteiger partial charge in [-0.15, -0.1) is 0 Å². The molecule has 1 aliphatic rings. The molecule has 0 spiro atoms. The number of hydrogen-bond donors (Lipinski definition) is 2. The van der Waals surface area contributed by atoms with Crippen molar-refractivity contribution >= 4 is 11.5 Å².